The predicted octanol–water partition coefficient (Wildman–Crippen LogP) is 3.88. The summed E-state index contributed by atoms with van der Waals surface area (Å²) >= 11 is 0. The fourth-order valence-corrected chi connectivity index (χ4v) is 4.80. The minimum atomic E-state index is -0.665. The van der Waals surface area contributed by atoms with E-state index < -0.39 is 6.10 Å². The number of fused-ring (bicyclic) bond motifs is 6. The Bertz CT molecular complexity index is 1410. The van der Waals surface area contributed by atoms with Gasteiger partial charge in [0.2, 0.25) is 5.95 Å². The molecule has 9 nitrogen and oxygen atoms in total. The molecule has 3 heterocycles. The molecular formula is C26H26FN7O2. The zero-order valence-corrected chi connectivity index (χ0v) is 19.8. The molecule has 4 aromatic rings. The molecule has 0 amide bonds. The Balaban J connectivity index is 1.40. The Hall–Kier alpha value is -4.05. The zero-order valence-electron chi connectivity index (χ0n) is 19.8. The van der Waals surface area contributed by atoms with Gasteiger partial charge in [0.05, 0.1) is 11.8 Å². The number of aromatic nitrogens is 5. The topological polar surface area (TPSA) is 110 Å². The van der Waals surface area contributed by atoms with Crippen molar-refractivity contribution in [1.29, 1.82) is 0 Å². The zero-order chi connectivity index (χ0) is 24.6. The van der Waals surface area contributed by atoms with Gasteiger partial charge in [-0.2, -0.15) is 10.1 Å². The van der Waals surface area contributed by atoms with E-state index in [0.717, 1.165) is 41.2 Å². The lowest BCUT2D eigenvalue weighted by Gasteiger charge is -2.16. The van der Waals surface area contributed by atoms with Gasteiger partial charge in [-0.05, 0) is 56.0 Å². The maximum absolute atomic E-state index is 13.5. The van der Waals surface area contributed by atoms with Crippen LogP contribution < -0.4 is 15.4 Å². The van der Waals surface area contributed by atoms with E-state index in [1.165, 1.54) is 12.1 Å². The van der Waals surface area contributed by atoms with Crippen molar-refractivity contribution in [2.24, 2.45) is 0 Å². The van der Waals surface area contributed by atoms with Crippen molar-refractivity contribution in [3.63, 3.8) is 0 Å². The quantitative estimate of drug-likeness (QED) is 0.391. The molecule has 2 unspecified atom stereocenters. The first-order valence-electron chi connectivity index (χ1n) is 12.0. The van der Waals surface area contributed by atoms with Crippen LogP contribution in [-0.4, -0.2) is 49.1 Å². The van der Waals surface area contributed by atoms with E-state index in [2.05, 4.69) is 20.7 Å². The van der Waals surface area contributed by atoms with E-state index in [0.29, 0.717) is 36.2 Å². The second kappa shape index (κ2) is 9.19. The Morgan fingerprint density at radius 1 is 1.11 bits per heavy atom. The summed E-state index contributed by atoms with van der Waals surface area (Å²) in [6.07, 6.45) is 3.15. The number of nitrogens with one attached hydrogen (secondary N) is 2. The van der Waals surface area contributed by atoms with E-state index in [4.69, 9.17) is 14.7 Å². The number of hydrogen-bond donors (Lipinski definition) is 3. The number of ether oxygens (including phenoxy) is 1. The molecule has 2 aromatic carbocycles. The van der Waals surface area contributed by atoms with Gasteiger partial charge in [-0.25, -0.2) is 19.0 Å². The summed E-state index contributed by atoms with van der Waals surface area (Å²) in [4.78, 5) is 13.9. The lowest BCUT2D eigenvalue weighted by Crippen LogP contribution is -2.22. The van der Waals surface area contributed by atoms with Crippen LogP contribution in [0.5, 0.6) is 5.75 Å². The summed E-state index contributed by atoms with van der Waals surface area (Å²) < 4.78 is 21.2. The van der Waals surface area contributed by atoms with E-state index >= 15 is 0 Å². The number of aliphatic hydroxyl groups excluding tert-OH is 1. The summed E-state index contributed by atoms with van der Waals surface area (Å²) in [5.41, 5.74) is 4.48. The van der Waals surface area contributed by atoms with Gasteiger partial charge in [0.15, 0.2) is 0 Å². The fraction of sp³-hybridized carbons (Fsp3) is 0.308. The molecule has 0 saturated heterocycles. The normalized spacial score (nSPS) is 19.1. The van der Waals surface area contributed by atoms with Crippen LogP contribution in [0.2, 0.25) is 0 Å². The predicted molar refractivity (Wildman–Crippen MR) is 133 cm³/mol. The van der Waals surface area contributed by atoms with Crippen molar-refractivity contribution >= 4 is 17.5 Å². The third-order valence-electron chi connectivity index (χ3n) is 6.59. The molecule has 2 aromatic heterocycles. The number of aryl methyl sites for hydroxylation is 1. The minimum Gasteiger partial charge on any atom is -0.489 e. The molecule has 4 bridgehead atoms. The second-order valence-corrected chi connectivity index (χ2v) is 9.13. The summed E-state index contributed by atoms with van der Waals surface area (Å²) in [5, 5.41) is 21.7. The molecule has 10 heteroatoms. The SMILES string of the molecule is Cc1ncn(-c2ccc3cc2OCC(O)CCNc2nc(nc4c2CCC4c2ccc(F)cc2)N3)n1. The largest absolute Gasteiger partial charge is 0.489 e. The summed E-state index contributed by atoms with van der Waals surface area (Å²) in [6, 6.07) is 12.3. The molecule has 184 valence electrons. The van der Waals surface area contributed by atoms with Crippen molar-refractivity contribution in [2.75, 3.05) is 23.8 Å². The molecule has 0 spiro atoms. The van der Waals surface area contributed by atoms with Gasteiger partial charge in [0.25, 0.3) is 0 Å². The summed E-state index contributed by atoms with van der Waals surface area (Å²) in [6.45, 7) is 2.49. The first kappa shape index (κ1) is 22.4. The van der Waals surface area contributed by atoms with Crippen LogP contribution >= 0.6 is 0 Å². The Morgan fingerprint density at radius 2 is 1.97 bits per heavy atom. The van der Waals surface area contributed by atoms with Crippen LogP contribution in [0, 0.1) is 12.7 Å². The Morgan fingerprint density at radius 3 is 2.78 bits per heavy atom. The van der Waals surface area contributed by atoms with Crippen molar-refractivity contribution < 1.29 is 14.2 Å². The van der Waals surface area contributed by atoms with Gasteiger partial charge in [-0.3, -0.25) is 0 Å². The van der Waals surface area contributed by atoms with E-state index in [-0.39, 0.29) is 18.3 Å². The van der Waals surface area contributed by atoms with E-state index in [1.807, 2.05) is 37.3 Å². The number of benzene rings is 2. The Kier molecular flexibility index (Phi) is 5.73. The molecule has 6 rings (SSSR count). The Labute approximate surface area is 207 Å². The van der Waals surface area contributed by atoms with Crippen molar-refractivity contribution in [3.05, 3.63) is 77.3 Å². The highest BCUT2D eigenvalue weighted by Gasteiger charge is 2.30. The number of aliphatic hydroxyl groups is 1. The highest BCUT2D eigenvalue weighted by atomic mass is 19.1. The molecule has 0 fully saturated rings. The minimum absolute atomic E-state index is 0.0581. The van der Waals surface area contributed by atoms with Crippen molar-refractivity contribution in [1.82, 2.24) is 24.7 Å². The van der Waals surface area contributed by atoms with Crippen LogP contribution in [0.25, 0.3) is 5.69 Å². The van der Waals surface area contributed by atoms with Gasteiger partial charge in [0.1, 0.15) is 41.8 Å². The average Bonchev–Trinajstić information content (AvgIpc) is 3.49. The number of hydrogen-bond acceptors (Lipinski definition) is 8. The van der Waals surface area contributed by atoms with Gasteiger partial charge in [0, 0.05) is 29.8 Å². The first-order chi connectivity index (χ1) is 17.5. The van der Waals surface area contributed by atoms with Gasteiger partial charge in [-0.1, -0.05) is 12.1 Å². The second-order valence-electron chi connectivity index (χ2n) is 9.13. The number of halogens is 1. The van der Waals surface area contributed by atoms with Crippen LogP contribution in [0.1, 0.15) is 41.4 Å². The average molecular weight is 488 g/mol. The highest BCUT2D eigenvalue weighted by molar-refractivity contribution is 5.64. The molecule has 1 aliphatic heterocycles. The number of anilines is 3. The molecule has 36 heavy (non-hydrogen) atoms. The summed E-state index contributed by atoms with van der Waals surface area (Å²) in [7, 11) is 0. The third kappa shape index (κ3) is 4.35. The number of rotatable bonds is 2. The maximum Gasteiger partial charge on any atom is 0.229 e. The summed E-state index contributed by atoms with van der Waals surface area (Å²) in [5.74, 6) is 2.23. The highest BCUT2D eigenvalue weighted by Crippen LogP contribution is 2.40. The molecule has 1 aliphatic carbocycles. The van der Waals surface area contributed by atoms with Gasteiger partial charge in [-0.15, -0.1) is 0 Å². The van der Waals surface area contributed by atoms with E-state index in [1.54, 1.807) is 11.0 Å². The lowest BCUT2D eigenvalue weighted by molar-refractivity contribution is 0.103. The van der Waals surface area contributed by atoms with Crippen LogP contribution in [0.4, 0.5) is 21.8 Å². The van der Waals surface area contributed by atoms with E-state index in [9.17, 15) is 9.50 Å². The lowest BCUT2D eigenvalue weighted by atomic mass is 9.97. The molecular weight excluding hydrogens is 461 g/mol. The monoisotopic (exact) mass is 487 g/mol. The van der Waals surface area contributed by atoms with Gasteiger partial charge < -0.3 is 20.5 Å². The van der Waals surface area contributed by atoms with Crippen LogP contribution in [-0.2, 0) is 6.42 Å². The third-order valence-corrected chi connectivity index (χ3v) is 6.59. The van der Waals surface area contributed by atoms with Crippen molar-refractivity contribution in [2.45, 2.75) is 38.2 Å². The molecule has 2 atom stereocenters. The molecule has 2 aliphatic rings. The van der Waals surface area contributed by atoms with Crippen molar-refractivity contribution in [3.8, 4) is 11.4 Å². The standard InChI is InChI=1S/C26H26FN7O2/c1-15-29-14-34(33-15)22-9-6-18-12-23(22)36-13-19(35)10-11-28-25-21-8-7-20(16-2-4-17(27)5-3-16)24(21)31-26(30-18)32-25/h2-6,9,12,14,19-20,35H,7-8,10-11,13H2,1H3,(H2,28,30,31,32). The van der Waals surface area contributed by atoms with Gasteiger partial charge >= 0.3 is 0 Å². The molecule has 3 N–H and O–H groups in total. The maximum atomic E-state index is 13.5. The van der Waals surface area contributed by atoms with Crippen LogP contribution in [0.3, 0.4) is 0 Å². The molecule has 0 radical (unpaired) electrons. The smallest absolute Gasteiger partial charge is 0.229 e. The number of nitrogens with zero attached hydrogens (tertiary/aromatic N) is 5. The van der Waals surface area contributed by atoms with Crippen LogP contribution in [0.15, 0.2) is 48.8 Å². The molecule has 0 saturated carbocycles. The first-order valence-corrected chi connectivity index (χ1v) is 12.0. The fourth-order valence-electron chi connectivity index (χ4n) is 4.80.